The van der Waals surface area contributed by atoms with Crippen LogP contribution in [-0.4, -0.2) is 4.98 Å². The number of para-hydroxylation sites is 1. The van der Waals surface area contributed by atoms with Gasteiger partial charge in [-0.15, -0.1) is 0 Å². The lowest BCUT2D eigenvalue weighted by Crippen LogP contribution is -2.11. The van der Waals surface area contributed by atoms with E-state index < -0.39 is 0 Å². The first kappa shape index (κ1) is 11.8. The summed E-state index contributed by atoms with van der Waals surface area (Å²) in [6.07, 6.45) is 1.50. The summed E-state index contributed by atoms with van der Waals surface area (Å²) in [5.41, 5.74) is 3.21. The van der Waals surface area contributed by atoms with Gasteiger partial charge in [0.15, 0.2) is 12.0 Å². The molecule has 0 N–H and O–H groups in total. The normalized spacial score (nSPS) is 11.0. The van der Waals surface area contributed by atoms with E-state index in [2.05, 4.69) is 31.8 Å². The molecule has 0 aliphatic heterocycles. The van der Waals surface area contributed by atoms with Gasteiger partial charge in [0, 0.05) is 0 Å². The number of rotatable bonds is 0. The van der Waals surface area contributed by atoms with Crippen LogP contribution in [0.25, 0.3) is 11.1 Å². The van der Waals surface area contributed by atoms with E-state index in [0.29, 0.717) is 0 Å². The monoisotopic (exact) mass is 205 g/mol. The standard InChI is InChI=1S/C11H13NO.C2H6/c1-11(2,3)8-5-4-6-9-10(8)12-7-13-9;1-2/h4-7H,1-3H3;1-2H3. The molecule has 0 spiro atoms. The third kappa shape index (κ3) is 2.38. The average molecular weight is 205 g/mol. The molecule has 0 saturated carbocycles. The second-order valence-electron chi connectivity index (χ2n) is 4.25. The van der Waals surface area contributed by atoms with Crippen LogP contribution in [0.2, 0.25) is 0 Å². The summed E-state index contributed by atoms with van der Waals surface area (Å²) in [7, 11) is 0. The van der Waals surface area contributed by atoms with Crippen LogP contribution < -0.4 is 0 Å². The molecule has 0 fully saturated rings. The maximum atomic E-state index is 5.24. The summed E-state index contributed by atoms with van der Waals surface area (Å²) < 4.78 is 5.24. The molecule has 0 saturated heterocycles. The molecule has 0 aliphatic carbocycles. The van der Waals surface area contributed by atoms with Crippen LogP contribution >= 0.6 is 0 Å². The summed E-state index contributed by atoms with van der Waals surface area (Å²) in [4.78, 5) is 4.22. The van der Waals surface area contributed by atoms with E-state index in [9.17, 15) is 0 Å². The lowest BCUT2D eigenvalue weighted by atomic mass is 9.86. The van der Waals surface area contributed by atoms with Crippen LogP contribution in [-0.2, 0) is 5.41 Å². The number of hydrogen-bond donors (Lipinski definition) is 0. The molecule has 0 bridgehead atoms. The molecule has 15 heavy (non-hydrogen) atoms. The van der Waals surface area contributed by atoms with Gasteiger partial charge in [0.2, 0.25) is 0 Å². The minimum Gasteiger partial charge on any atom is -0.443 e. The van der Waals surface area contributed by atoms with Gasteiger partial charge in [0.1, 0.15) is 5.52 Å². The van der Waals surface area contributed by atoms with Gasteiger partial charge in [-0.2, -0.15) is 0 Å². The number of fused-ring (bicyclic) bond motifs is 1. The van der Waals surface area contributed by atoms with Crippen LogP contribution in [0.15, 0.2) is 29.0 Å². The zero-order valence-corrected chi connectivity index (χ0v) is 10.2. The predicted molar refractivity (Wildman–Crippen MR) is 64.1 cm³/mol. The van der Waals surface area contributed by atoms with E-state index in [-0.39, 0.29) is 5.41 Å². The fourth-order valence-electron chi connectivity index (χ4n) is 1.49. The van der Waals surface area contributed by atoms with Crippen molar-refractivity contribution in [2.75, 3.05) is 0 Å². The van der Waals surface area contributed by atoms with Crippen molar-refractivity contribution in [2.24, 2.45) is 0 Å². The highest BCUT2D eigenvalue weighted by molar-refractivity contribution is 5.77. The molecule has 0 atom stereocenters. The first-order valence-electron chi connectivity index (χ1n) is 5.42. The minimum absolute atomic E-state index is 0.121. The number of benzene rings is 1. The van der Waals surface area contributed by atoms with Crippen molar-refractivity contribution >= 4 is 11.1 Å². The van der Waals surface area contributed by atoms with Crippen molar-refractivity contribution in [3.05, 3.63) is 30.2 Å². The van der Waals surface area contributed by atoms with Crippen LogP contribution in [0, 0.1) is 0 Å². The maximum absolute atomic E-state index is 5.24. The average Bonchev–Trinajstić information content (AvgIpc) is 2.66. The highest BCUT2D eigenvalue weighted by Crippen LogP contribution is 2.28. The molecule has 2 nitrogen and oxygen atoms in total. The summed E-state index contributed by atoms with van der Waals surface area (Å²) in [5.74, 6) is 0. The lowest BCUT2D eigenvalue weighted by Gasteiger charge is -2.18. The van der Waals surface area contributed by atoms with Crippen molar-refractivity contribution in [1.29, 1.82) is 0 Å². The Hall–Kier alpha value is -1.31. The third-order valence-corrected chi connectivity index (χ3v) is 2.17. The molecule has 1 aromatic carbocycles. The van der Waals surface area contributed by atoms with Crippen LogP contribution in [0.3, 0.4) is 0 Å². The Morgan fingerprint density at radius 1 is 1.13 bits per heavy atom. The Labute approximate surface area is 91.3 Å². The Morgan fingerprint density at radius 2 is 1.80 bits per heavy atom. The van der Waals surface area contributed by atoms with Gasteiger partial charge in [-0.1, -0.05) is 46.8 Å². The van der Waals surface area contributed by atoms with Crippen molar-refractivity contribution < 1.29 is 4.42 Å². The van der Waals surface area contributed by atoms with Crippen molar-refractivity contribution in [2.45, 2.75) is 40.0 Å². The summed E-state index contributed by atoms with van der Waals surface area (Å²) >= 11 is 0. The largest absolute Gasteiger partial charge is 0.443 e. The number of aromatic nitrogens is 1. The van der Waals surface area contributed by atoms with Crippen molar-refractivity contribution in [1.82, 2.24) is 4.98 Å². The van der Waals surface area contributed by atoms with Gasteiger partial charge >= 0.3 is 0 Å². The smallest absolute Gasteiger partial charge is 0.181 e. The minimum atomic E-state index is 0.121. The lowest BCUT2D eigenvalue weighted by molar-refractivity contribution is 0.592. The van der Waals surface area contributed by atoms with Crippen LogP contribution in [0.4, 0.5) is 0 Å². The van der Waals surface area contributed by atoms with Crippen LogP contribution in [0.1, 0.15) is 40.2 Å². The molecular weight excluding hydrogens is 186 g/mol. The number of hydrogen-bond acceptors (Lipinski definition) is 2. The van der Waals surface area contributed by atoms with E-state index in [1.807, 2.05) is 26.0 Å². The zero-order valence-electron chi connectivity index (χ0n) is 10.2. The molecule has 2 rings (SSSR count). The van der Waals surface area contributed by atoms with Gasteiger partial charge < -0.3 is 4.42 Å². The summed E-state index contributed by atoms with van der Waals surface area (Å²) in [6, 6.07) is 6.05. The molecule has 0 aliphatic rings. The fraction of sp³-hybridized carbons (Fsp3) is 0.462. The van der Waals surface area contributed by atoms with Gasteiger partial charge in [0.25, 0.3) is 0 Å². The SMILES string of the molecule is CC.CC(C)(C)c1cccc2ocnc12. The van der Waals surface area contributed by atoms with Gasteiger partial charge in [0.05, 0.1) is 0 Å². The van der Waals surface area contributed by atoms with Gasteiger partial charge in [-0.3, -0.25) is 0 Å². The first-order chi connectivity index (χ1) is 7.09. The van der Waals surface area contributed by atoms with E-state index in [4.69, 9.17) is 4.42 Å². The Kier molecular flexibility index (Phi) is 3.51. The van der Waals surface area contributed by atoms with E-state index in [1.165, 1.54) is 12.0 Å². The second-order valence-corrected chi connectivity index (χ2v) is 4.25. The Bertz CT molecular complexity index is 423. The molecule has 82 valence electrons. The number of oxazole rings is 1. The van der Waals surface area contributed by atoms with Crippen LogP contribution in [0.5, 0.6) is 0 Å². The highest BCUT2D eigenvalue weighted by Gasteiger charge is 2.18. The van der Waals surface area contributed by atoms with E-state index in [0.717, 1.165) is 11.1 Å². The number of nitrogens with zero attached hydrogens (tertiary/aromatic N) is 1. The van der Waals surface area contributed by atoms with Crippen molar-refractivity contribution in [3.8, 4) is 0 Å². The molecular formula is C13H19NO. The molecule has 2 aromatic rings. The van der Waals surface area contributed by atoms with Gasteiger partial charge in [-0.25, -0.2) is 4.98 Å². The predicted octanol–water partition coefficient (Wildman–Crippen LogP) is 4.15. The zero-order chi connectivity index (χ0) is 11.5. The molecule has 0 unspecified atom stereocenters. The Morgan fingerprint density at radius 3 is 2.40 bits per heavy atom. The first-order valence-corrected chi connectivity index (χ1v) is 5.42. The maximum Gasteiger partial charge on any atom is 0.181 e. The topological polar surface area (TPSA) is 26.0 Å². The molecule has 2 heteroatoms. The quantitative estimate of drug-likeness (QED) is 0.645. The van der Waals surface area contributed by atoms with Crippen molar-refractivity contribution in [3.63, 3.8) is 0 Å². The highest BCUT2D eigenvalue weighted by atomic mass is 16.3. The third-order valence-electron chi connectivity index (χ3n) is 2.17. The Balaban J connectivity index is 0.000000531. The second kappa shape index (κ2) is 4.47. The van der Waals surface area contributed by atoms with E-state index in [1.54, 1.807) is 0 Å². The molecule has 0 amide bonds. The molecule has 1 aromatic heterocycles. The summed E-state index contributed by atoms with van der Waals surface area (Å²) in [6.45, 7) is 10.5. The summed E-state index contributed by atoms with van der Waals surface area (Å²) in [5, 5.41) is 0. The molecule has 0 radical (unpaired) electrons. The van der Waals surface area contributed by atoms with Gasteiger partial charge in [-0.05, 0) is 17.0 Å². The molecule has 1 heterocycles. The fourth-order valence-corrected chi connectivity index (χ4v) is 1.49. The van der Waals surface area contributed by atoms with E-state index >= 15 is 0 Å².